The molecule has 0 spiro atoms. The molecule has 17 heavy (non-hydrogen) atoms. The Kier molecular flexibility index (Phi) is 2.59. The second-order valence-corrected chi connectivity index (χ2v) is 4.49. The minimum absolute atomic E-state index is 0.0400. The fourth-order valence-corrected chi connectivity index (χ4v) is 2.46. The van der Waals surface area contributed by atoms with Crippen molar-refractivity contribution in [1.29, 1.82) is 0 Å². The van der Waals surface area contributed by atoms with Gasteiger partial charge in [0.2, 0.25) is 0 Å². The molecule has 1 unspecified atom stereocenters. The number of aryl methyl sites for hydroxylation is 1. The highest BCUT2D eigenvalue weighted by atomic mass is 19.1. The quantitative estimate of drug-likeness (QED) is 0.757. The van der Waals surface area contributed by atoms with E-state index < -0.39 is 0 Å². The van der Waals surface area contributed by atoms with Gasteiger partial charge in [0.1, 0.15) is 5.82 Å². The lowest BCUT2D eigenvalue weighted by molar-refractivity contribution is -0.0368. The van der Waals surface area contributed by atoms with Gasteiger partial charge in [-0.2, -0.15) is 5.10 Å². The van der Waals surface area contributed by atoms with E-state index in [1.807, 2.05) is 17.7 Å². The van der Waals surface area contributed by atoms with E-state index >= 15 is 0 Å². The Morgan fingerprint density at radius 1 is 1.41 bits per heavy atom. The molecule has 1 fully saturated rings. The molecule has 90 valence electrons. The molecule has 0 N–H and O–H groups in total. The third-order valence-electron chi connectivity index (χ3n) is 3.29. The lowest BCUT2D eigenvalue weighted by atomic mass is 10.1. The summed E-state index contributed by atoms with van der Waals surface area (Å²) in [5.74, 6) is -0.206. The summed E-state index contributed by atoms with van der Waals surface area (Å²) in [4.78, 5) is 0. The Hall–Kier alpha value is -1.42. The second-order valence-electron chi connectivity index (χ2n) is 4.49. The first-order valence-electron chi connectivity index (χ1n) is 6.02. The van der Waals surface area contributed by atoms with Gasteiger partial charge in [-0.15, -0.1) is 0 Å². The van der Waals surface area contributed by atoms with Crippen molar-refractivity contribution < 1.29 is 9.13 Å². The predicted molar refractivity (Wildman–Crippen MR) is 63.3 cm³/mol. The van der Waals surface area contributed by atoms with Gasteiger partial charge in [-0.3, -0.25) is 0 Å². The van der Waals surface area contributed by atoms with Gasteiger partial charge in [-0.05, 0) is 38.3 Å². The van der Waals surface area contributed by atoms with Crippen molar-refractivity contribution in [3.63, 3.8) is 0 Å². The number of nitrogens with zero attached hydrogens (tertiary/aromatic N) is 2. The first kappa shape index (κ1) is 10.7. The Morgan fingerprint density at radius 2 is 2.29 bits per heavy atom. The Labute approximate surface area is 99.2 Å². The van der Waals surface area contributed by atoms with E-state index in [1.165, 1.54) is 6.07 Å². The number of aromatic nitrogens is 2. The Balaban J connectivity index is 2.13. The highest BCUT2D eigenvalue weighted by Gasteiger charge is 2.20. The fraction of sp³-hybridized carbons (Fsp3) is 0.462. The number of rotatable bonds is 1. The monoisotopic (exact) mass is 234 g/mol. The average molecular weight is 234 g/mol. The van der Waals surface area contributed by atoms with E-state index in [2.05, 4.69) is 5.10 Å². The molecular weight excluding hydrogens is 219 g/mol. The van der Waals surface area contributed by atoms with Crippen molar-refractivity contribution in [2.24, 2.45) is 0 Å². The number of hydrogen-bond acceptors (Lipinski definition) is 2. The topological polar surface area (TPSA) is 27.1 Å². The maximum atomic E-state index is 13.7. The Morgan fingerprint density at radius 3 is 3.06 bits per heavy atom. The van der Waals surface area contributed by atoms with Gasteiger partial charge in [-0.25, -0.2) is 9.07 Å². The molecule has 0 saturated carbocycles. The molecule has 1 saturated heterocycles. The number of benzene rings is 1. The molecule has 0 amide bonds. The molecule has 1 atom stereocenters. The summed E-state index contributed by atoms with van der Waals surface area (Å²) in [7, 11) is 0. The lowest BCUT2D eigenvalue weighted by Gasteiger charge is -2.23. The minimum Gasteiger partial charge on any atom is -0.356 e. The normalized spacial score (nSPS) is 20.9. The van der Waals surface area contributed by atoms with Crippen LogP contribution in [-0.4, -0.2) is 16.4 Å². The van der Waals surface area contributed by atoms with E-state index in [-0.39, 0.29) is 12.0 Å². The summed E-state index contributed by atoms with van der Waals surface area (Å²) < 4.78 is 21.3. The van der Waals surface area contributed by atoms with Crippen LogP contribution >= 0.6 is 0 Å². The SMILES string of the molecule is Cc1nn(C2CCCCO2)c2cccc(F)c12. The van der Waals surface area contributed by atoms with Crippen molar-refractivity contribution in [1.82, 2.24) is 9.78 Å². The molecule has 2 aromatic rings. The largest absolute Gasteiger partial charge is 0.356 e. The summed E-state index contributed by atoms with van der Waals surface area (Å²) in [6.45, 7) is 2.60. The second kappa shape index (κ2) is 4.11. The molecule has 0 radical (unpaired) electrons. The lowest BCUT2D eigenvalue weighted by Crippen LogP contribution is -2.19. The minimum atomic E-state index is -0.206. The van der Waals surface area contributed by atoms with Crippen molar-refractivity contribution in [2.45, 2.75) is 32.4 Å². The van der Waals surface area contributed by atoms with Crippen LogP contribution in [0.5, 0.6) is 0 Å². The Bertz CT molecular complexity index is 544. The highest BCUT2D eigenvalue weighted by Crippen LogP contribution is 2.28. The molecule has 2 heterocycles. The smallest absolute Gasteiger partial charge is 0.150 e. The number of halogens is 1. The van der Waals surface area contributed by atoms with Crippen LogP contribution in [-0.2, 0) is 4.74 Å². The summed E-state index contributed by atoms with van der Waals surface area (Å²) in [5, 5.41) is 5.04. The van der Waals surface area contributed by atoms with Gasteiger partial charge in [0, 0.05) is 6.61 Å². The van der Waals surface area contributed by atoms with Crippen LogP contribution in [0.1, 0.15) is 31.2 Å². The van der Waals surface area contributed by atoms with Gasteiger partial charge in [-0.1, -0.05) is 6.07 Å². The highest BCUT2D eigenvalue weighted by molar-refractivity contribution is 5.82. The standard InChI is InChI=1S/C13H15FN2O/c1-9-13-10(14)5-4-6-11(13)16(15-9)12-7-2-3-8-17-12/h4-6,12H,2-3,7-8H2,1H3. The summed E-state index contributed by atoms with van der Waals surface area (Å²) in [6, 6.07) is 5.09. The maximum Gasteiger partial charge on any atom is 0.150 e. The number of fused-ring (bicyclic) bond motifs is 1. The summed E-state index contributed by atoms with van der Waals surface area (Å²) >= 11 is 0. The molecule has 0 bridgehead atoms. The van der Waals surface area contributed by atoms with E-state index in [0.717, 1.165) is 37.1 Å². The van der Waals surface area contributed by atoms with E-state index in [4.69, 9.17) is 4.74 Å². The van der Waals surface area contributed by atoms with Crippen LogP contribution < -0.4 is 0 Å². The third-order valence-corrected chi connectivity index (χ3v) is 3.29. The molecule has 1 aromatic heterocycles. The molecule has 3 nitrogen and oxygen atoms in total. The van der Waals surface area contributed by atoms with Gasteiger partial charge >= 0.3 is 0 Å². The van der Waals surface area contributed by atoms with E-state index in [1.54, 1.807) is 6.07 Å². The van der Waals surface area contributed by atoms with Crippen LogP contribution in [0.25, 0.3) is 10.9 Å². The van der Waals surface area contributed by atoms with Crippen molar-refractivity contribution in [2.75, 3.05) is 6.61 Å². The first-order valence-corrected chi connectivity index (χ1v) is 6.02. The number of hydrogen-bond donors (Lipinski definition) is 0. The van der Waals surface area contributed by atoms with Gasteiger partial charge < -0.3 is 4.74 Å². The van der Waals surface area contributed by atoms with Gasteiger partial charge in [0.05, 0.1) is 16.6 Å². The number of ether oxygens (including phenoxy) is 1. The fourth-order valence-electron chi connectivity index (χ4n) is 2.46. The summed E-state index contributed by atoms with van der Waals surface area (Å²) in [5.41, 5.74) is 1.56. The molecule has 4 heteroatoms. The van der Waals surface area contributed by atoms with E-state index in [0.29, 0.717) is 5.39 Å². The zero-order valence-corrected chi connectivity index (χ0v) is 9.82. The average Bonchev–Trinajstić information content (AvgIpc) is 2.69. The zero-order chi connectivity index (χ0) is 11.8. The van der Waals surface area contributed by atoms with Crippen LogP contribution in [0.4, 0.5) is 4.39 Å². The molecule has 0 aliphatic carbocycles. The molecule has 1 aliphatic rings. The molecule has 3 rings (SSSR count). The van der Waals surface area contributed by atoms with Gasteiger partial charge in [0.15, 0.2) is 6.23 Å². The predicted octanol–water partition coefficient (Wildman–Crippen LogP) is 3.18. The first-order chi connectivity index (χ1) is 8.27. The molecule has 1 aromatic carbocycles. The maximum absolute atomic E-state index is 13.7. The third kappa shape index (κ3) is 1.72. The van der Waals surface area contributed by atoms with Crippen LogP contribution in [0.15, 0.2) is 18.2 Å². The van der Waals surface area contributed by atoms with Crippen molar-refractivity contribution >= 4 is 10.9 Å². The molecular formula is C13H15FN2O. The van der Waals surface area contributed by atoms with Crippen molar-refractivity contribution in [3.05, 3.63) is 29.7 Å². The van der Waals surface area contributed by atoms with Crippen LogP contribution in [0, 0.1) is 12.7 Å². The van der Waals surface area contributed by atoms with Crippen LogP contribution in [0.3, 0.4) is 0 Å². The van der Waals surface area contributed by atoms with Gasteiger partial charge in [0.25, 0.3) is 0 Å². The van der Waals surface area contributed by atoms with Crippen molar-refractivity contribution in [3.8, 4) is 0 Å². The molecule has 1 aliphatic heterocycles. The summed E-state index contributed by atoms with van der Waals surface area (Å²) in [6.07, 6.45) is 3.15. The zero-order valence-electron chi connectivity index (χ0n) is 9.82. The van der Waals surface area contributed by atoms with Crippen LogP contribution in [0.2, 0.25) is 0 Å². The van der Waals surface area contributed by atoms with E-state index in [9.17, 15) is 4.39 Å².